The number of fused-ring (bicyclic) bond motifs is 2. The third-order valence-corrected chi connectivity index (χ3v) is 8.79. The molecule has 2 aromatic rings. The van der Waals surface area contributed by atoms with Crippen molar-refractivity contribution >= 4 is 46.8 Å². The van der Waals surface area contributed by atoms with Crippen LogP contribution in [-0.4, -0.2) is 34.5 Å². The first-order valence-electron chi connectivity index (χ1n) is 11.2. The van der Waals surface area contributed by atoms with E-state index in [1.807, 2.05) is 0 Å². The Morgan fingerprint density at radius 1 is 0.969 bits per heavy atom. The fraction of sp³-hybridized carbons (Fsp3) is 0.357. The van der Waals surface area contributed by atoms with Crippen LogP contribution in [0.4, 0.5) is 11.4 Å². The van der Waals surface area contributed by atoms with Crippen LogP contribution in [0.2, 0.25) is 0 Å². The second-order valence-corrected chi connectivity index (χ2v) is 11.2. The minimum Gasteiger partial charge on any atom is -0.784 e. The lowest BCUT2D eigenvalue weighted by atomic mass is 9.73. The van der Waals surface area contributed by atoms with Crippen molar-refractivity contribution in [2.24, 2.45) is 5.92 Å². The lowest BCUT2D eigenvalue weighted by Crippen LogP contribution is -2.43. The fourth-order valence-corrected chi connectivity index (χ4v) is 6.72. The molecule has 1 fully saturated rings. The summed E-state index contributed by atoms with van der Waals surface area (Å²) in [4.78, 5) is 3.30. The van der Waals surface area contributed by atoms with Gasteiger partial charge in [0.2, 0.25) is 5.69 Å². The van der Waals surface area contributed by atoms with Gasteiger partial charge in [0.15, 0.2) is 5.71 Å². The van der Waals surface area contributed by atoms with E-state index < -0.39 is 0 Å². The van der Waals surface area contributed by atoms with E-state index in [1.54, 1.807) is 0 Å². The van der Waals surface area contributed by atoms with Crippen LogP contribution in [0.5, 0.6) is 0 Å². The fourth-order valence-electron chi connectivity index (χ4n) is 5.76. The van der Waals surface area contributed by atoms with Crippen molar-refractivity contribution in [2.45, 2.75) is 43.8 Å². The van der Waals surface area contributed by atoms with Crippen LogP contribution in [-0.2, 0) is 23.5 Å². The molecule has 0 amide bonds. The minimum atomic E-state index is -0.0676. The third kappa shape index (κ3) is 2.85. The van der Waals surface area contributed by atoms with Crippen LogP contribution >= 0.6 is 12.2 Å². The lowest BCUT2D eigenvalue weighted by molar-refractivity contribution is -0.401. The van der Waals surface area contributed by atoms with E-state index >= 15 is 0 Å². The van der Waals surface area contributed by atoms with Gasteiger partial charge in [0.25, 0.3) is 0 Å². The van der Waals surface area contributed by atoms with E-state index in [4.69, 9.17) is 24.8 Å². The number of benzene rings is 2. The molecule has 4 heteroatoms. The normalized spacial score (nSPS) is 27.7. The van der Waals surface area contributed by atoms with Gasteiger partial charge >= 0.3 is 0 Å². The van der Waals surface area contributed by atoms with Crippen molar-refractivity contribution in [3.05, 3.63) is 83.1 Å². The largest absolute Gasteiger partial charge is 0.784 e. The molecule has 2 aliphatic heterocycles. The quantitative estimate of drug-likeness (QED) is 0.241. The van der Waals surface area contributed by atoms with Crippen molar-refractivity contribution < 1.29 is 4.58 Å². The van der Waals surface area contributed by atoms with Gasteiger partial charge in [0.1, 0.15) is 7.05 Å². The molecule has 2 atom stereocenters. The van der Waals surface area contributed by atoms with E-state index in [2.05, 4.69) is 112 Å². The second kappa shape index (κ2) is 7.16. The zero-order valence-corrected chi connectivity index (χ0v) is 21.3. The summed E-state index contributed by atoms with van der Waals surface area (Å²) in [5, 5.41) is 0.00308. The Labute approximate surface area is 202 Å². The molecule has 3 aliphatic rings. The van der Waals surface area contributed by atoms with E-state index in [0.29, 0.717) is 0 Å². The summed E-state index contributed by atoms with van der Waals surface area (Å²) in [6.07, 6.45) is 4.60. The van der Waals surface area contributed by atoms with E-state index in [0.717, 1.165) is 10.4 Å². The third-order valence-electron chi connectivity index (χ3n) is 7.73. The van der Waals surface area contributed by atoms with Crippen LogP contribution in [0, 0.1) is 5.92 Å². The van der Waals surface area contributed by atoms with Crippen molar-refractivity contribution in [1.82, 2.24) is 0 Å². The van der Waals surface area contributed by atoms with Gasteiger partial charge in [-0.3, -0.25) is 0 Å². The number of hydrogen-bond acceptors (Lipinski definition) is 3. The van der Waals surface area contributed by atoms with Gasteiger partial charge in [0.05, 0.1) is 5.41 Å². The number of hydrogen-bond donors (Lipinski definition) is 0. The van der Waals surface area contributed by atoms with Gasteiger partial charge in [-0.2, -0.15) is 4.58 Å². The maximum Gasteiger partial charge on any atom is 0.209 e. The molecule has 0 aromatic heterocycles. The first kappa shape index (κ1) is 21.7. The molecule has 2 unspecified atom stereocenters. The Morgan fingerprint density at radius 2 is 1.59 bits per heavy atom. The highest BCUT2D eigenvalue weighted by Gasteiger charge is 2.45. The zero-order chi connectivity index (χ0) is 23.0. The van der Waals surface area contributed by atoms with Gasteiger partial charge in [0, 0.05) is 46.4 Å². The molecule has 0 saturated heterocycles. The van der Waals surface area contributed by atoms with Gasteiger partial charge in [-0.25, -0.2) is 0 Å². The summed E-state index contributed by atoms with van der Waals surface area (Å²) < 4.78 is 2.29. The summed E-state index contributed by atoms with van der Waals surface area (Å²) in [6.45, 7) is 9.16. The molecular formula is C28H30N2S2. The first-order chi connectivity index (χ1) is 15.1. The molecule has 164 valence electrons. The van der Waals surface area contributed by atoms with Crippen LogP contribution in [0.25, 0.3) is 0 Å². The number of likely N-dealkylation sites (N-methyl/N-ethyl adjacent to an activating group) is 1. The van der Waals surface area contributed by atoms with E-state index in [9.17, 15) is 0 Å². The minimum absolute atomic E-state index is 0.00308. The van der Waals surface area contributed by atoms with Crippen molar-refractivity contribution in [2.75, 3.05) is 19.0 Å². The molecule has 2 aromatic carbocycles. The Bertz CT molecular complexity index is 1250. The van der Waals surface area contributed by atoms with Crippen molar-refractivity contribution in [3.63, 3.8) is 0 Å². The molecule has 5 rings (SSSR count). The van der Waals surface area contributed by atoms with Crippen LogP contribution in [0.3, 0.4) is 0 Å². The number of para-hydroxylation sites is 2. The second-order valence-electron chi connectivity index (χ2n) is 10.2. The molecular weight excluding hydrogens is 428 g/mol. The number of nitrogens with zero attached hydrogens (tertiary/aromatic N) is 2. The zero-order valence-electron chi connectivity index (χ0n) is 19.6. The standard InChI is InChI=1S/C28H30N2S2/c1-27(2)19-11-7-9-13-21(19)29(5)23(27)15-17-25(31)18(26(17)32)16-24-28(3,4)20-12-8-10-14-22(20)30(24)6/h7-17,25H,1-6H3. The smallest absolute Gasteiger partial charge is 0.209 e. The Hall–Kier alpha value is -2.17. The number of rotatable bonds is 2. The topological polar surface area (TPSA) is 6.25 Å². The van der Waals surface area contributed by atoms with Gasteiger partial charge in [-0.1, -0.05) is 68.5 Å². The summed E-state index contributed by atoms with van der Waals surface area (Å²) in [5.41, 5.74) is 8.82. The molecule has 0 spiro atoms. The van der Waals surface area contributed by atoms with E-state index in [1.165, 1.54) is 33.9 Å². The molecule has 1 saturated carbocycles. The highest BCUT2D eigenvalue weighted by molar-refractivity contribution is 7.81. The molecule has 0 N–H and O–H groups in total. The highest BCUT2D eigenvalue weighted by atomic mass is 32.1. The van der Waals surface area contributed by atoms with E-state index in [-0.39, 0.29) is 22.0 Å². The van der Waals surface area contributed by atoms with Gasteiger partial charge in [-0.15, -0.1) is 5.25 Å². The van der Waals surface area contributed by atoms with Crippen LogP contribution in [0.1, 0.15) is 38.8 Å². The average molecular weight is 459 g/mol. The molecule has 0 radical (unpaired) electrons. The molecule has 2 nitrogen and oxygen atoms in total. The predicted molar refractivity (Wildman–Crippen MR) is 142 cm³/mol. The highest BCUT2D eigenvalue weighted by Crippen LogP contribution is 2.49. The number of thiocarbonyl (C=S) groups is 1. The summed E-state index contributed by atoms with van der Waals surface area (Å²) in [7, 11) is 4.30. The Balaban J connectivity index is 1.48. The Kier molecular flexibility index (Phi) is 4.85. The monoisotopic (exact) mass is 458 g/mol. The van der Waals surface area contributed by atoms with Gasteiger partial charge < -0.3 is 17.5 Å². The average Bonchev–Trinajstić information content (AvgIpc) is 3.09. The molecule has 1 aliphatic carbocycles. The SMILES string of the molecule is CN1C(=CC2C(=S)C(=CC3=[N+](C)c4ccccc4C3(C)C)C2[S-])C(C)(C)c2ccccc21. The molecule has 32 heavy (non-hydrogen) atoms. The maximum atomic E-state index is 6.01. The lowest BCUT2D eigenvalue weighted by Gasteiger charge is -2.46. The van der Waals surface area contributed by atoms with Gasteiger partial charge in [-0.05, 0) is 37.0 Å². The molecule has 0 bridgehead atoms. The predicted octanol–water partition coefficient (Wildman–Crippen LogP) is 5.85. The number of allylic oxidation sites excluding steroid dienone is 3. The summed E-state index contributed by atoms with van der Waals surface area (Å²) in [5.74, 6) is 0.120. The van der Waals surface area contributed by atoms with Crippen LogP contribution in [0.15, 0.2) is 72.0 Å². The number of anilines is 1. The molecule has 2 heterocycles. The van der Waals surface area contributed by atoms with Crippen molar-refractivity contribution in [1.29, 1.82) is 0 Å². The first-order valence-corrected chi connectivity index (χ1v) is 12.1. The van der Waals surface area contributed by atoms with Crippen molar-refractivity contribution in [3.8, 4) is 0 Å². The summed E-state index contributed by atoms with van der Waals surface area (Å²) in [6, 6.07) is 17.3. The van der Waals surface area contributed by atoms with Crippen LogP contribution < -0.4 is 4.90 Å². The Morgan fingerprint density at radius 3 is 2.22 bits per heavy atom. The summed E-state index contributed by atoms with van der Waals surface area (Å²) >= 11 is 11.9. The maximum absolute atomic E-state index is 6.01.